The van der Waals surface area contributed by atoms with Crippen LogP contribution in [0.3, 0.4) is 0 Å². The molecule has 2 heterocycles. The highest BCUT2D eigenvalue weighted by Crippen LogP contribution is 2.17. The summed E-state index contributed by atoms with van der Waals surface area (Å²) in [5.41, 5.74) is 1.48. The van der Waals surface area contributed by atoms with E-state index in [0.717, 1.165) is 24.6 Å². The van der Waals surface area contributed by atoms with Gasteiger partial charge in [-0.1, -0.05) is 18.2 Å². The number of nitrogens with one attached hydrogen (secondary N) is 1. The van der Waals surface area contributed by atoms with Gasteiger partial charge in [0.2, 0.25) is 5.95 Å². The SMILES string of the molecule is Cc1cc(N2CCOCC2)nc(NCc2ccccc2F)n1. The molecule has 0 atom stereocenters. The Hall–Kier alpha value is -2.21. The number of aryl methyl sites for hydroxylation is 1. The van der Waals surface area contributed by atoms with Gasteiger partial charge in [-0.05, 0) is 13.0 Å². The highest BCUT2D eigenvalue weighted by molar-refractivity contribution is 5.45. The molecule has 3 rings (SSSR count). The Labute approximate surface area is 129 Å². The van der Waals surface area contributed by atoms with Crippen molar-refractivity contribution in [3.63, 3.8) is 0 Å². The first-order valence-electron chi connectivity index (χ1n) is 7.38. The number of rotatable bonds is 4. The maximum absolute atomic E-state index is 13.6. The predicted octanol–water partition coefficient (Wildman–Crippen LogP) is 2.37. The standard InChI is InChI=1S/C16H19FN4O/c1-12-10-15(21-6-8-22-9-7-21)20-16(19-12)18-11-13-4-2-3-5-14(13)17/h2-5,10H,6-9,11H2,1H3,(H,18,19,20). The molecular formula is C16H19FN4O. The molecule has 116 valence electrons. The molecule has 0 unspecified atom stereocenters. The lowest BCUT2D eigenvalue weighted by atomic mass is 10.2. The molecule has 1 aliphatic rings. The molecule has 1 aliphatic heterocycles. The first-order chi connectivity index (χ1) is 10.7. The number of morpholine rings is 1. The summed E-state index contributed by atoms with van der Waals surface area (Å²) in [6, 6.07) is 8.66. The fraction of sp³-hybridized carbons (Fsp3) is 0.375. The Kier molecular flexibility index (Phi) is 4.48. The van der Waals surface area contributed by atoms with Gasteiger partial charge in [0.25, 0.3) is 0 Å². The molecule has 0 bridgehead atoms. The van der Waals surface area contributed by atoms with E-state index in [1.165, 1.54) is 6.07 Å². The average Bonchev–Trinajstić information content (AvgIpc) is 2.54. The summed E-state index contributed by atoms with van der Waals surface area (Å²) in [7, 11) is 0. The van der Waals surface area contributed by atoms with Gasteiger partial charge in [-0.2, -0.15) is 4.98 Å². The number of ether oxygens (including phenoxy) is 1. The maximum atomic E-state index is 13.6. The molecule has 1 aromatic carbocycles. The molecule has 0 saturated carbocycles. The lowest BCUT2D eigenvalue weighted by Crippen LogP contribution is -2.37. The molecule has 1 aromatic heterocycles. The monoisotopic (exact) mass is 302 g/mol. The van der Waals surface area contributed by atoms with Crippen molar-refractivity contribution in [2.75, 3.05) is 36.5 Å². The number of aromatic nitrogens is 2. The minimum absolute atomic E-state index is 0.226. The third kappa shape index (κ3) is 3.51. The third-order valence-corrected chi connectivity index (χ3v) is 3.57. The Morgan fingerprint density at radius 2 is 2.00 bits per heavy atom. The molecular weight excluding hydrogens is 283 g/mol. The van der Waals surface area contributed by atoms with Gasteiger partial charge in [-0.15, -0.1) is 0 Å². The molecule has 5 nitrogen and oxygen atoms in total. The maximum Gasteiger partial charge on any atom is 0.225 e. The number of nitrogens with zero attached hydrogens (tertiary/aromatic N) is 3. The minimum Gasteiger partial charge on any atom is -0.378 e. The van der Waals surface area contributed by atoms with Crippen LogP contribution >= 0.6 is 0 Å². The second-order valence-electron chi connectivity index (χ2n) is 5.24. The third-order valence-electron chi connectivity index (χ3n) is 3.57. The zero-order chi connectivity index (χ0) is 15.4. The molecule has 0 amide bonds. The highest BCUT2D eigenvalue weighted by atomic mass is 19.1. The zero-order valence-corrected chi connectivity index (χ0v) is 12.6. The van der Waals surface area contributed by atoms with Crippen molar-refractivity contribution in [2.45, 2.75) is 13.5 Å². The van der Waals surface area contributed by atoms with Crippen molar-refractivity contribution in [2.24, 2.45) is 0 Å². The molecule has 6 heteroatoms. The van der Waals surface area contributed by atoms with Gasteiger partial charge in [-0.25, -0.2) is 9.37 Å². The van der Waals surface area contributed by atoms with Crippen molar-refractivity contribution in [3.05, 3.63) is 47.4 Å². The second-order valence-corrected chi connectivity index (χ2v) is 5.24. The quantitative estimate of drug-likeness (QED) is 0.939. The second kappa shape index (κ2) is 6.70. The first-order valence-corrected chi connectivity index (χ1v) is 7.38. The van der Waals surface area contributed by atoms with Crippen molar-refractivity contribution >= 4 is 11.8 Å². The molecule has 0 radical (unpaired) electrons. The fourth-order valence-corrected chi connectivity index (χ4v) is 2.40. The van der Waals surface area contributed by atoms with E-state index in [1.54, 1.807) is 12.1 Å². The fourth-order valence-electron chi connectivity index (χ4n) is 2.40. The van der Waals surface area contributed by atoms with Gasteiger partial charge in [0, 0.05) is 37.0 Å². The Morgan fingerprint density at radius 1 is 1.23 bits per heavy atom. The van der Waals surface area contributed by atoms with Gasteiger partial charge in [0.15, 0.2) is 0 Å². The zero-order valence-electron chi connectivity index (χ0n) is 12.6. The lowest BCUT2D eigenvalue weighted by Gasteiger charge is -2.28. The van der Waals surface area contributed by atoms with Crippen LogP contribution in [0.25, 0.3) is 0 Å². The van der Waals surface area contributed by atoms with Crippen molar-refractivity contribution in [3.8, 4) is 0 Å². The molecule has 2 aromatic rings. The van der Waals surface area contributed by atoms with E-state index in [0.29, 0.717) is 31.3 Å². The van der Waals surface area contributed by atoms with Crippen LogP contribution in [-0.2, 0) is 11.3 Å². The van der Waals surface area contributed by atoms with Crippen molar-refractivity contribution in [1.29, 1.82) is 0 Å². The van der Waals surface area contributed by atoms with Crippen LogP contribution in [0.2, 0.25) is 0 Å². The Balaban J connectivity index is 1.73. The topological polar surface area (TPSA) is 50.3 Å². The summed E-state index contributed by atoms with van der Waals surface area (Å²) in [5, 5.41) is 3.10. The van der Waals surface area contributed by atoms with Crippen molar-refractivity contribution in [1.82, 2.24) is 9.97 Å². The van der Waals surface area contributed by atoms with E-state index < -0.39 is 0 Å². The van der Waals surface area contributed by atoms with Crippen LogP contribution < -0.4 is 10.2 Å². The van der Waals surface area contributed by atoms with Crippen LogP contribution in [0.1, 0.15) is 11.3 Å². The molecule has 22 heavy (non-hydrogen) atoms. The van der Waals surface area contributed by atoms with E-state index in [1.807, 2.05) is 19.1 Å². The first kappa shape index (κ1) is 14.7. The smallest absolute Gasteiger partial charge is 0.225 e. The Morgan fingerprint density at radius 3 is 2.77 bits per heavy atom. The lowest BCUT2D eigenvalue weighted by molar-refractivity contribution is 0.122. The van der Waals surface area contributed by atoms with Gasteiger partial charge in [0.05, 0.1) is 13.2 Å². The summed E-state index contributed by atoms with van der Waals surface area (Å²) < 4.78 is 19.0. The number of anilines is 2. The van der Waals surface area contributed by atoms with E-state index >= 15 is 0 Å². The number of benzene rings is 1. The molecule has 0 spiro atoms. The van der Waals surface area contributed by atoms with Gasteiger partial charge in [-0.3, -0.25) is 0 Å². The molecule has 1 fully saturated rings. The molecule has 1 saturated heterocycles. The van der Waals surface area contributed by atoms with E-state index in [9.17, 15) is 4.39 Å². The molecule has 1 N–H and O–H groups in total. The van der Waals surface area contributed by atoms with E-state index in [4.69, 9.17) is 4.74 Å². The largest absolute Gasteiger partial charge is 0.378 e. The van der Waals surface area contributed by atoms with Gasteiger partial charge < -0.3 is 15.0 Å². The predicted molar refractivity (Wildman–Crippen MR) is 83.5 cm³/mol. The number of halogens is 1. The van der Waals surface area contributed by atoms with Gasteiger partial charge in [0.1, 0.15) is 11.6 Å². The van der Waals surface area contributed by atoms with E-state index in [2.05, 4.69) is 20.2 Å². The van der Waals surface area contributed by atoms with E-state index in [-0.39, 0.29) is 5.82 Å². The van der Waals surface area contributed by atoms with Crippen LogP contribution in [0.15, 0.2) is 30.3 Å². The van der Waals surface area contributed by atoms with Crippen LogP contribution in [0.4, 0.5) is 16.2 Å². The summed E-state index contributed by atoms with van der Waals surface area (Å²) in [4.78, 5) is 11.1. The van der Waals surface area contributed by atoms with Crippen molar-refractivity contribution < 1.29 is 9.13 Å². The van der Waals surface area contributed by atoms with Crippen LogP contribution in [-0.4, -0.2) is 36.3 Å². The van der Waals surface area contributed by atoms with Crippen LogP contribution in [0, 0.1) is 12.7 Å². The summed E-state index contributed by atoms with van der Waals surface area (Å²) >= 11 is 0. The Bertz CT molecular complexity index is 644. The minimum atomic E-state index is -0.226. The number of hydrogen-bond acceptors (Lipinski definition) is 5. The summed E-state index contributed by atoms with van der Waals surface area (Å²) in [6.45, 7) is 5.35. The number of hydrogen-bond donors (Lipinski definition) is 1. The normalized spacial score (nSPS) is 14.9. The van der Waals surface area contributed by atoms with Gasteiger partial charge >= 0.3 is 0 Å². The molecule has 0 aliphatic carbocycles. The highest BCUT2D eigenvalue weighted by Gasteiger charge is 2.14. The summed E-state index contributed by atoms with van der Waals surface area (Å²) in [5.74, 6) is 1.17. The average molecular weight is 302 g/mol. The van der Waals surface area contributed by atoms with Crippen LogP contribution in [0.5, 0.6) is 0 Å². The summed E-state index contributed by atoms with van der Waals surface area (Å²) in [6.07, 6.45) is 0.